The van der Waals surface area contributed by atoms with Crippen molar-refractivity contribution in [1.29, 1.82) is 0 Å². The molecule has 0 saturated carbocycles. The van der Waals surface area contributed by atoms with Crippen molar-refractivity contribution in [3.63, 3.8) is 0 Å². The van der Waals surface area contributed by atoms with Gasteiger partial charge in [-0.3, -0.25) is 0 Å². The number of aliphatic hydroxyl groups excluding tert-OH is 1. The fourth-order valence-corrected chi connectivity index (χ4v) is 3.57. The molecule has 1 fully saturated rings. The molecule has 21 heavy (non-hydrogen) atoms. The van der Waals surface area contributed by atoms with Crippen LogP contribution in [0.4, 0.5) is 15.2 Å². The maximum absolute atomic E-state index is 13.8. The maximum atomic E-state index is 13.8. The number of benzene rings is 1. The number of aliphatic hydroxyl groups is 1. The Balaban J connectivity index is 1.69. The van der Waals surface area contributed by atoms with Crippen molar-refractivity contribution in [3.8, 4) is 0 Å². The Morgan fingerprint density at radius 2 is 1.86 bits per heavy atom. The molecule has 2 heterocycles. The zero-order valence-electron chi connectivity index (χ0n) is 11.3. The summed E-state index contributed by atoms with van der Waals surface area (Å²) in [6.45, 7) is 2.87. The van der Waals surface area contributed by atoms with Crippen molar-refractivity contribution in [2.45, 2.75) is 6.61 Å². The lowest BCUT2D eigenvalue weighted by molar-refractivity contribution is 0.285. The van der Waals surface area contributed by atoms with E-state index in [2.05, 4.69) is 9.88 Å². The summed E-state index contributed by atoms with van der Waals surface area (Å²) in [6, 6.07) is 6.83. The van der Waals surface area contributed by atoms with Gasteiger partial charge in [0.2, 0.25) is 0 Å². The van der Waals surface area contributed by atoms with Gasteiger partial charge in [-0.1, -0.05) is 35.1 Å². The minimum atomic E-state index is -0.189. The molecule has 0 radical (unpaired) electrons. The minimum absolute atomic E-state index is 0.0916. The Hall–Kier alpha value is -1.37. The number of hydrogen-bond donors (Lipinski definition) is 1. The van der Waals surface area contributed by atoms with Crippen molar-refractivity contribution in [2.75, 3.05) is 36.0 Å². The summed E-state index contributed by atoms with van der Waals surface area (Å²) in [5.41, 5.74) is 0.644. The van der Waals surface area contributed by atoms with Crippen LogP contribution in [0.2, 0.25) is 5.15 Å². The third kappa shape index (κ3) is 2.97. The van der Waals surface area contributed by atoms with E-state index < -0.39 is 0 Å². The number of thiazole rings is 1. The fraction of sp³-hybridized carbons (Fsp3) is 0.357. The molecule has 0 amide bonds. The predicted octanol–water partition coefficient (Wildman–Crippen LogP) is 2.75. The van der Waals surface area contributed by atoms with Crippen LogP contribution in [0.5, 0.6) is 0 Å². The molecule has 0 atom stereocenters. The predicted molar refractivity (Wildman–Crippen MR) is 83.9 cm³/mol. The summed E-state index contributed by atoms with van der Waals surface area (Å²) in [6.07, 6.45) is 0. The molecule has 1 aliphatic rings. The highest BCUT2D eigenvalue weighted by molar-refractivity contribution is 7.16. The first kappa shape index (κ1) is 14.6. The lowest BCUT2D eigenvalue weighted by Crippen LogP contribution is -2.46. The van der Waals surface area contributed by atoms with Gasteiger partial charge in [0.15, 0.2) is 5.13 Å². The van der Waals surface area contributed by atoms with Crippen molar-refractivity contribution in [1.82, 2.24) is 4.98 Å². The number of para-hydroxylation sites is 1. The quantitative estimate of drug-likeness (QED) is 0.941. The second kappa shape index (κ2) is 6.17. The average molecular weight is 328 g/mol. The van der Waals surface area contributed by atoms with Gasteiger partial charge in [0.1, 0.15) is 11.0 Å². The van der Waals surface area contributed by atoms with Crippen LogP contribution >= 0.6 is 22.9 Å². The van der Waals surface area contributed by atoms with Crippen LogP contribution in [0.25, 0.3) is 0 Å². The summed E-state index contributed by atoms with van der Waals surface area (Å²) in [5, 5.41) is 10.4. The summed E-state index contributed by atoms with van der Waals surface area (Å²) >= 11 is 7.37. The van der Waals surface area contributed by atoms with Crippen LogP contribution in [0.1, 0.15) is 4.88 Å². The fourth-order valence-electron chi connectivity index (χ4n) is 2.40. The molecule has 0 bridgehead atoms. The smallest absolute Gasteiger partial charge is 0.187 e. The maximum Gasteiger partial charge on any atom is 0.187 e. The van der Waals surface area contributed by atoms with Crippen molar-refractivity contribution in [2.24, 2.45) is 0 Å². The van der Waals surface area contributed by atoms with Gasteiger partial charge in [-0.25, -0.2) is 9.37 Å². The first-order chi connectivity index (χ1) is 10.2. The molecule has 1 saturated heterocycles. The van der Waals surface area contributed by atoms with Gasteiger partial charge >= 0.3 is 0 Å². The molecule has 2 aromatic rings. The minimum Gasteiger partial charge on any atom is -0.391 e. The van der Waals surface area contributed by atoms with Crippen LogP contribution < -0.4 is 9.80 Å². The number of anilines is 2. The Bertz CT molecular complexity index is 628. The van der Waals surface area contributed by atoms with Crippen LogP contribution in [0, 0.1) is 5.82 Å². The van der Waals surface area contributed by atoms with Crippen LogP contribution in [0.15, 0.2) is 24.3 Å². The summed E-state index contributed by atoms with van der Waals surface area (Å²) < 4.78 is 13.8. The van der Waals surface area contributed by atoms with E-state index in [-0.39, 0.29) is 12.4 Å². The van der Waals surface area contributed by atoms with E-state index in [1.807, 2.05) is 11.0 Å². The van der Waals surface area contributed by atoms with Gasteiger partial charge < -0.3 is 14.9 Å². The van der Waals surface area contributed by atoms with Gasteiger partial charge in [-0.15, -0.1) is 0 Å². The Labute approximate surface area is 131 Å². The molecule has 1 aromatic carbocycles. The first-order valence-corrected chi connectivity index (χ1v) is 7.89. The van der Waals surface area contributed by atoms with Gasteiger partial charge in [0.05, 0.1) is 17.2 Å². The van der Waals surface area contributed by atoms with Crippen LogP contribution in [0.3, 0.4) is 0 Å². The van der Waals surface area contributed by atoms with E-state index in [0.29, 0.717) is 15.7 Å². The average Bonchev–Trinajstić information content (AvgIpc) is 2.89. The molecule has 0 aliphatic carbocycles. The lowest BCUT2D eigenvalue weighted by Gasteiger charge is -2.36. The van der Waals surface area contributed by atoms with E-state index in [1.54, 1.807) is 12.1 Å². The van der Waals surface area contributed by atoms with Crippen molar-refractivity contribution >= 4 is 33.8 Å². The molecule has 3 rings (SSSR count). The van der Waals surface area contributed by atoms with Crippen LogP contribution in [-0.4, -0.2) is 36.3 Å². The molecule has 112 valence electrons. The third-order valence-corrected chi connectivity index (χ3v) is 5.05. The molecule has 0 unspecified atom stereocenters. The molecule has 4 nitrogen and oxygen atoms in total. The van der Waals surface area contributed by atoms with E-state index in [1.165, 1.54) is 17.4 Å². The molecular formula is C14H15ClFN3OS. The summed E-state index contributed by atoms with van der Waals surface area (Å²) in [5.74, 6) is -0.189. The zero-order chi connectivity index (χ0) is 14.8. The Morgan fingerprint density at radius 1 is 1.19 bits per heavy atom. The second-order valence-corrected chi connectivity index (χ2v) is 6.21. The molecule has 1 aromatic heterocycles. The third-order valence-electron chi connectivity index (χ3n) is 3.53. The van der Waals surface area contributed by atoms with E-state index in [9.17, 15) is 4.39 Å². The van der Waals surface area contributed by atoms with E-state index in [0.717, 1.165) is 31.3 Å². The first-order valence-electron chi connectivity index (χ1n) is 6.69. The van der Waals surface area contributed by atoms with Gasteiger partial charge in [0.25, 0.3) is 0 Å². The highest BCUT2D eigenvalue weighted by Crippen LogP contribution is 2.31. The molecular weight excluding hydrogens is 313 g/mol. The molecule has 7 heteroatoms. The monoisotopic (exact) mass is 327 g/mol. The molecule has 1 N–H and O–H groups in total. The van der Waals surface area contributed by atoms with Gasteiger partial charge in [0, 0.05) is 26.2 Å². The van der Waals surface area contributed by atoms with E-state index >= 15 is 0 Å². The number of nitrogens with zero attached hydrogens (tertiary/aromatic N) is 3. The standard InChI is InChI=1S/C14H15ClFN3OS/c15-13-12(9-20)21-14(17-13)19-7-5-18(6-8-19)11-4-2-1-3-10(11)16/h1-4,20H,5-9H2. The topological polar surface area (TPSA) is 39.6 Å². The lowest BCUT2D eigenvalue weighted by atomic mass is 10.2. The normalized spacial score (nSPS) is 15.6. The summed E-state index contributed by atoms with van der Waals surface area (Å²) in [7, 11) is 0. The van der Waals surface area contributed by atoms with Gasteiger partial charge in [-0.05, 0) is 12.1 Å². The number of hydrogen-bond acceptors (Lipinski definition) is 5. The van der Waals surface area contributed by atoms with Crippen molar-refractivity contribution < 1.29 is 9.50 Å². The largest absolute Gasteiger partial charge is 0.391 e. The highest BCUT2D eigenvalue weighted by Gasteiger charge is 2.22. The second-order valence-electron chi connectivity index (χ2n) is 4.79. The number of piperazine rings is 1. The zero-order valence-corrected chi connectivity index (χ0v) is 12.9. The highest BCUT2D eigenvalue weighted by atomic mass is 35.5. The SMILES string of the molecule is OCc1sc(N2CCN(c3ccccc3F)CC2)nc1Cl. The van der Waals surface area contributed by atoms with Crippen LogP contribution in [-0.2, 0) is 6.61 Å². The number of rotatable bonds is 3. The van der Waals surface area contributed by atoms with Crippen molar-refractivity contribution in [3.05, 3.63) is 40.1 Å². The number of aromatic nitrogens is 1. The Morgan fingerprint density at radius 3 is 2.48 bits per heavy atom. The summed E-state index contributed by atoms with van der Waals surface area (Å²) in [4.78, 5) is 9.12. The molecule has 0 spiro atoms. The molecule has 1 aliphatic heterocycles. The van der Waals surface area contributed by atoms with Gasteiger partial charge in [-0.2, -0.15) is 0 Å². The Kier molecular flexibility index (Phi) is 4.28. The number of halogens is 2. The van der Waals surface area contributed by atoms with E-state index in [4.69, 9.17) is 16.7 Å².